The fourth-order valence-electron chi connectivity index (χ4n) is 9.32. The first-order valence-electron chi connectivity index (χ1n) is 21.8. The lowest BCUT2D eigenvalue weighted by molar-refractivity contribution is -0.140. The Balaban J connectivity index is 0.761. The minimum Gasteiger partial charge on any atom is -0.375 e. The summed E-state index contributed by atoms with van der Waals surface area (Å²) in [4.78, 5) is 81.6. The minimum atomic E-state index is -0.611. The van der Waals surface area contributed by atoms with Crippen LogP contribution in [0.4, 0.5) is 4.39 Å². The molecule has 2 N–H and O–H groups in total. The first-order chi connectivity index (χ1) is 29.7. The van der Waals surface area contributed by atoms with Gasteiger partial charge >= 0.3 is 0 Å². The van der Waals surface area contributed by atoms with E-state index in [0.29, 0.717) is 74.3 Å². The van der Waals surface area contributed by atoms with Gasteiger partial charge in [-0.05, 0) is 74.3 Å². The third kappa shape index (κ3) is 10.1. The van der Waals surface area contributed by atoms with Crippen molar-refractivity contribution in [2.45, 2.75) is 82.5 Å². The molecule has 4 aliphatic rings. The number of fused-ring (bicyclic) bond motifs is 1. The molecule has 3 aliphatic heterocycles. The van der Waals surface area contributed by atoms with Gasteiger partial charge in [-0.2, -0.15) is 5.10 Å². The van der Waals surface area contributed by atoms with E-state index in [9.17, 15) is 24.0 Å². The molecule has 4 aromatic rings. The molecule has 0 radical (unpaired) electrons. The van der Waals surface area contributed by atoms with Gasteiger partial charge in [-0.15, -0.1) is 0 Å². The van der Waals surface area contributed by atoms with Gasteiger partial charge in [0.1, 0.15) is 11.9 Å². The number of carbonyl (C=O) groups is 4. The number of likely N-dealkylation sites (tertiary alicyclic amines) is 2. The molecule has 3 saturated heterocycles. The Morgan fingerprint density at radius 1 is 0.770 bits per heavy atom. The second-order valence-electron chi connectivity index (χ2n) is 16.8. The molecule has 4 amide bonds. The normalized spacial score (nSPS) is 19.2. The Labute approximate surface area is 354 Å². The van der Waals surface area contributed by atoms with Crippen molar-refractivity contribution < 1.29 is 28.3 Å². The number of halogens is 1. The molecule has 1 atom stereocenters. The molecule has 15 nitrogen and oxygen atoms in total. The number of aromatic nitrogens is 4. The van der Waals surface area contributed by atoms with Crippen molar-refractivity contribution >= 4 is 34.4 Å². The van der Waals surface area contributed by atoms with Crippen molar-refractivity contribution in [1.82, 2.24) is 45.1 Å². The molecular formula is C45H54FN9O6. The van der Waals surface area contributed by atoms with E-state index < -0.39 is 23.7 Å². The van der Waals surface area contributed by atoms with Crippen molar-refractivity contribution in [1.29, 1.82) is 0 Å². The number of piperazine rings is 1. The fourth-order valence-corrected chi connectivity index (χ4v) is 9.32. The van der Waals surface area contributed by atoms with Crippen LogP contribution in [-0.4, -0.2) is 141 Å². The summed E-state index contributed by atoms with van der Waals surface area (Å²) in [5, 5.41) is 10.9. The summed E-state index contributed by atoms with van der Waals surface area (Å²) in [7, 11) is 0. The molecule has 4 fully saturated rings. The number of piperidine rings is 2. The van der Waals surface area contributed by atoms with Crippen LogP contribution in [0.3, 0.4) is 0 Å². The molecule has 0 spiro atoms. The van der Waals surface area contributed by atoms with E-state index >= 15 is 4.39 Å². The number of amides is 4. The van der Waals surface area contributed by atoms with E-state index in [1.165, 1.54) is 18.5 Å². The van der Waals surface area contributed by atoms with Gasteiger partial charge in [-0.3, -0.25) is 28.9 Å². The maximum Gasteiger partial charge on any atom is 0.289 e. The highest BCUT2D eigenvalue weighted by molar-refractivity contribution is 5.96. The number of hydrogen-bond acceptors (Lipinski definition) is 10. The van der Waals surface area contributed by atoms with Gasteiger partial charge in [0, 0.05) is 76.6 Å². The van der Waals surface area contributed by atoms with E-state index in [-0.39, 0.29) is 46.9 Å². The van der Waals surface area contributed by atoms with E-state index in [0.717, 1.165) is 70.9 Å². The summed E-state index contributed by atoms with van der Waals surface area (Å²) in [5.74, 6) is -1.32. The lowest BCUT2D eigenvalue weighted by Crippen LogP contribution is -2.55. The predicted octanol–water partition coefficient (Wildman–Crippen LogP) is 3.58. The van der Waals surface area contributed by atoms with E-state index in [1.54, 1.807) is 40.1 Å². The zero-order chi connectivity index (χ0) is 42.3. The highest BCUT2D eigenvalue weighted by Gasteiger charge is 2.37. The van der Waals surface area contributed by atoms with Gasteiger partial charge in [0.15, 0.2) is 0 Å². The molecule has 2 aromatic carbocycles. The quantitative estimate of drug-likeness (QED) is 0.228. The highest BCUT2D eigenvalue weighted by atomic mass is 19.1. The summed E-state index contributed by atoms with van der Waals surface area (Å²) in [5.41, 5.74) is 1.00. The number of H-pyrrole nitrogens is 1. The van der Waals surface area contributed by atoms with Crippen LogP contribution < -0.4 is 10.9 Å². The highest BCUT2D eigenvalue weighted by Crippen LogP contribution is 2.29. The largest absolute Gasteiger partial charge is 0.375 e. The number of benzene rings is 2. The second-order valence-corrected chi connectivity index (χ2v) is 16.8. The van der Waals surface area contributed by atoms with Crippen molar-refractivity contribution in [2.75, 3.05) is 58.9 Å². The first-order valence-corrected chi connectivity index (χ1v) is 21.8. The van der Waals surface area contributed by atoms with E-state index in [1.807, 2.05) is 17.0 Å². The van der Waals surface area contributed by atoms with Crippen LogP contribution in [-0.2, 0) is 20.7 Å². The summed E-state index contributed by atoms with van der Waals surface area (Å²) in [6.07, 6.45) is 11.6. The van der Waals surface area contributed by atoms with Gasteiger partial charge in [-0.25, -0.2) is 19.5 Å². The predicted molar refractivity (Wildman–Crippen MR) is 224 cm³/mol. The Bertz CT molecular complexity index is 2250. The zero-order valence-corrected chi connectivity index (χ0v) is 34.5. The lowest BCUT2D eigenvalue weighted by Gasteiger charge is -2.40. The standard InChI is InChI=1S/C45H54FN9O6/c46-37-12-11-30(28-38-34-9-4-5-10-35(34)42(57)51-50-38)27-36(37)44(59)55-25-23-53(24-26-55)39(56)29-52-19-13-32(14-20-52)61-33-15-21-54(22-16-33)45(60)40(31-7-2-1-3-8-31)49-43(58)41-47-17-6-18-48-41/h4-6,9-12,17-18,27,31-33,40H,1-3,7-8,13-16,19-26,28-29H2,(H,49,58)(H,51,57)/t40-/m1/s1. The molecule has 0 unspecified atom stereocenters. The van der Waals surface area contributed by atoms with Crippen molar-refractivity contribution in [2.24, 2.45) is 5.92 Å². The topological polar surface area (TPSA) is 174 Å². The molecule has 1 saturated carbocycles. The summed E-state index contributed by atoms with van der Waals surface area (Å²) >= 11 is 0. The number of carbonyl (C=O) groups excluding carboxylic acids is 4. The smallest absolute Gasteiger partial charge is 0.289 e. The average molecular weight is 836 g/mol. The Hall–Kier alpha value is -5.61. The van der Waals surface area contributed by atoms with Gasteiger partial charge in [0.25, 0.3) is 17.4 Å². The van der Waals surface area contributed by atoms with Gasteiger partial charge in [0.2, 0.25) is 17.6 Å². The van der Waals surface area contributed by atoms with Crippen LogP contribution >= 0.6 is 0 Å². The van der Waals surface area contributed by atoms with Crippen LogP contribution in [0.5, 0.6) is 0 Å². The van der Waals surface area contributed by atoms with Crippen molar-refractivity contribution in [3.63, 3.8) is 0 Å². The van der Waals surface area contributed by atoms with Crippen molar-refractivity contribution in [3.8, 4) is 0 Å². The molecule has 61 heavy (non-hydrogen) atoms. The van der Waals surface area contributed by atoms with Gasteiger partial charge < -0.3 is 24.8 Å². The summed E-state index contributed by atoms with van der Waals surface area (Å²) < 4.78 is 21.6. The SMILES string of the molecule is O=C(N[C@@H](C(=O)N1CCC(OC2CCN(CC(=O)N3CCN(C(=O)c4cc(Cc5n[nH]c(=O)c6ccccc56)ccc4F)CC3)CC2)CC1)C1CCCCC1)c1ncccn1. The van der Waals surface area contributed by atoms with Crippen molar-refractivity contribution in [3.05, 3.63) is 99.7 Å². The van der Waals surface area contributed by atoms with Crippen LogP contribution in [0.25, 0.3) is 10.8 Å². The molecule has 16 heteroatoms. The molecule has 0 bridgehead atoms. The maximum atomic E-state index is 15.0. The monoisotopic (exact) mass is 835 g/mol. The Morgan fingerprint density at radius 2 is 1.43 bits per heavy atom. The number of hydrogen-bond donors (Lipinski definition) is 2. The minimum absolute atomic E-state index is 0.0105. The van der Waals surface area contributed by atoms with Gasteiger partial charge in [0.05, 0.1) is 35.4 Å². The third-order valence-electron chi connectivity index (χ3n) is 12.8. The summed E-state index contributed by atoms with van der Waals surface area (Å²) in [6.45, 7) is 4.26. The lowest BCUT2D eigenvalue weighted by atomic mass is 9.83. The van der Waals surface area contributed by atoms with E-state index in [4.69, 9.17) is 4.74 Å². The number of ether oxygens (including phenoxy) is 1. The molecule has 2 aromatic heterocycles. The third-order valence-corrected chi connectivity index (χ3v) is 12.8. The number of rotatable bonds is 11. The van der Waals surface area contributed by atoms with E-state index in [2.05, 4.69) is 30.4 Å². The van der Waals surface area contributed by atoms with Gasteiger partial charge in [-0.1, -0.05) is 43.5 Å². The Morgan fingerprint density at radius 3 is 2.13 bits per heavy atom. The number of nitrogens with zero attached hydrogens (tertiary/aromatic N) is 7. The maximum absolute atomic E-state index is 15.0. The van der Waals surface area contributed by atoms with Crippen LogP contribution in [0, 0.1) is 11.7 Å². The Kier molecular flexibility index (Phi) is 13.4. The molecule has 8 rings (SSSR count). The number of aromatic amines is 1. The van der Waals surface area contributed by atoms with Crippen LogP contribution in [0.15, 0.2) is 65.7 Å². The average Bonchev–Trinajstić information content (AvgIpc) is 3.31. The summed E-state index contributed by atoms with van der Waals surface area (Å²) in [6, 6.07) is 12.7. The molecule has 5 heterocycles. The van der Waals surface area contributed by atoms with Crippen LogP contribution in [0.1, 0.15) is 90.0 Å². The first kappa shape index (κ1) is 42.1. The molecule has 1 aliphatic carbocycles. The fraction of sp³-hybridized carbons (Fsp3) is 0.511. The molecular weight excluding hydrogens is 782 g/mol. The number of nitrogens with one attached hydrogen (secondary N) is 2. The van der Waals surface area contributed by atoms with Crippen LogP contribution in [0.2, 0.25) is 0 Å². The molecule has 322 valence electrons. The second kappa shape index (κ2) is 19.4. The zero-order valence-electron chi connectivity index (χ0n) is 34.5.